The zero-order valence-corrected chi connectivity index (χ0v) is 17.1. The molecule has 0 radical (unpaired) electrons. The number of aromatic amines is 1. The number of H-pyrrole nitrogens is 1. The van der Waals surface area contributed by atoms with E-state index in [4.69, 9.17) is 10.2 Å². The van der Waals surface area contributed by atoms with E-state index in [-0.39, 0.29) is 11.3 Å². The van der Waals surface area contributed by atoms with Gasteiger partial charge in [0.1, 0.15) is 17.1 Å². The van der Waals surface area contributed by atoms with Crippen molar-refractivity contribution in [2.24, 2.45) is 5.73 Å². The van der Waals surface area contributed by atoms with Gasteiger partial charge < -0.3 is 25.9 Å². The Morgan fingerprint density at radius 3 is 2.52 bits per heavy atom. The van der Waals surface area contributed by atoms with E-state index in [1.165, 1.54) is 6.39 Å². The number of nitrogens with zero attached hydrogens (tertiary/aromatic N) is 2. The zero-order chi connectivity index (χ0) is 22.0. The van der Waals surface area contributed by atoms with Crippen LogP contribution in [-0.2, 0) is 6.54 Å². The molecule has 0 atom stereocenters. The number of aromatic hydroxyl groups is 1. The van der Waals surface area contributed by atoms with E-state index in [0.717, 1.165) is 27.9 Å². The number of benzene rings is 2. The molecule has 2 aromatic carbocycles. The van der Waals surface area contributed by atoms with Gasteiger partial charge in [0, 0.05) is 17.8 Å². The average molecular weight is 418 g/mol. The van der Waals surface area contributed by atoms with Crippen molar-refractivity contribution < 1.29 is 14.3 Å². The van der Waals surface area contributed by atoms with Crippen molar-refractivity contribution in [3.8, 4) is 17.1 Å². The highest BCUT2D eigenvalue weighted by Crippen LogP contribution is 2.28. The first-order valence-corrected chi connectivity index (χ1v) is 9.59. The molecule has 0 aliphatic rings. The van der Waals surface area contributed by atoms with Gasteiger partial charge in [-0.3, -0.25) is 9.89 Å². The van der Waals surface area contributed by atoms with Crippen LogP contribution in [-0.4, -0.2) is 26.2 Å². The Balaban J connectivity index is 1.51. The summed E-state index contributed by atoms with van der Waals surface area (Å²) in [6.07, 6.45) is 3.01. The van der Waals surface area contributed by atoms with E-state index in [0.29, 0.717) is 23.9 Å². The SMILES string of the molecule is Cc1cc(CNc2[nH]nc(Nc3ccc(-c4cnco4)cc3)c2C(N)=O)cc(C)c1O. The van der Waals surface area contributed by atoms with Gasteiger partial charge in [0.2, 0.25) is 0 Å². The number of amides is 1. The molecule has 0 spiro atoms. The Bertz CT molecular complexity index is 1190. The summed E-state index contributed by atoms with van der Waals surface area (Å²) < 4.78 is 5.28. The molecule has 9 heteroatoms. The molecule has 2 heterocycles. The third kappa shape index (κ3) is 4.20. The number of hydrogen-bond acceptors (Lipinski definition) is 7. The maximum atomic E-state index is 12.1. The highest BCUT2D eigenvalue weighted by atomic mass is 16.3. The average Bonchev–Trinajstić information content (AvgIpc) is 3.41. The number of phenolic OH excluding ortho intramolecular Hbond substituents is 1. The third-order valence-electron chi connectivity index (χ3n) is 4.90. The Hall–Kier alpha value is -4.27. The number of aromatic nitrogens is 3. The topological polar surface area (TPSA) is 142 Å². The number of carbonyl (C=O) groups is 1. The fourth-order valence-electron chi connectivity index (χ4n) is 3.35. The molecule has 9 nitrogen and oxygen atoms in total. The van der Waals surface area contributed by atoms with Crippen LogP contribution in [0.15, 0.2) is 53.4 Å². The summed E-state index contributed by atoms with van der Waals surface area (Å²) in [4.78, 5) is 16.0. The van der Waals surface area contributed by atoms with E-state index in [2.05, 4.69) is 25.8 Å². The fourth-order valence-corrected chi connectivity index (χ4v) is 3.35. The lowest BCUT2D eigenvalue weighted by Crippen LogP contribution is -2.15. The van der Waals surface area contributed by atoms with Gasteiger partial charge in [-0.15, -0.1) is 0 Å². The molecule has 2 aromatic heterocycles. The number of primary amides is 1. The van der Waals surface area contributed by atoms with Crippen molar-refractivity contribution in [1.82, 2.24) is 15.2 Å². The highest BCUT2D eigenvalue weighted by Gasteiger charge is 2.19. The fraction of sp³-hybridized carbons (Fsp3) is 0.136. The molecular weight excluding hydrogens is 396 g/mol. The van der Waals surface area contributed by atoms with Gasteiger partial charge >= 0.3 is 0 Å². The maximum Gasteiger partial charge on any atom is 0.256 e. The number of carbonyl (C=O) groups excluding carboxylic acids is 1. The number of rotatable bonds is 7. The molecule has 0 bridgehead atoms. The van der Waals surface area contributed by atoms with Crippen LogP contribution in [0.5, 0.6) is 5.75 Å². The summed E-state index contributed by atoms with van der Waals surface area (Å²) in [5.74, 6) is 1.06. The summed E-state index contributed by atoms with van der Waals surface area (Å²) in [6.45, 7) is 4.11. The minimum Gasteiger partial charge on any atom is -0.507 e. The standard InChI is InChI=1S/C22H22N6O3/c1-12-7-14(8-13(2)19(12)29)9-25-21-18(20(23)30)22(28-27-21)26-16-5-3-15(4-6-16)17-10-24-11-31-17/h3-8,10-11,29H,9H2,1-2H3,(H2,23,30)(H3,25,26,27,28). The molecule has 4 aromatic rings. The number of nitrogens with one attached hydrogen (secondary N) is 3. The minimum absolute atomic E-state index is 0.228. The van der Waals surface area contributed by atoms with Gasteiger partial charge in [0.25, 0.3) is 5.91 Å². The van der Waals surface area contributed by atoms with E-state index in [1.54, 1.807) is 6.20 Å². The normalized spacial score (nSPS) is 10.8. The quantitative estimate of drug-likeness (QED) is 0.307. The van der Waals surface area contributed by atoms with Gasteiger partial charge in [-0.05, 0) is 54.8 Å². The van der Waals surface area contributed by atoms with Crippen LogP contribution in [0, 0.1) is 13.8 Å². The van der Waals surface area contributed by atoms with Crippen molar-refractivity contribution in [2.45, 2.75) is 20.4 Å². The van der Waals surface area contributed by atoms with E-state index in [1.807, 2.05) is 50.2 Å². The van der Waals surface area contributed by atoms with Crippen LogP contribution < -0.4 is 16.4 Å². The molecule has 0 saturated carbocycles. The number of oxazole rings is 1. The highest BCUT2D eigenvalue weighted by molar-refractivity contribution is 6.03. The lowest BCUT2D eigenvalue weighted by molar-refractivity contribution is 0.100. The lowest BCUT2D eigenvalue weighted by atomic mass is 10.1. The molecule has 158 valence electrons. The summed E-state index contributed by atoms with van der Waals surface area (Å²) in [7, 11) is 0. The van der Waals surface area contributed by atoms with Crippen molar-refractivity contribution in [1.29, 1.82) is 0 Å². The molecule has 0 unspecified atom stereocenters. The predicted molar refractivity (Wildman–Crippen MR) is 117 cm³/mol. The van der Waals surface area contributed by atoms with E-state index in [9.17, 15) is 9.90 Å². The number of aryl methyl sites for hydroxylation is 2. The predicted octanol–water partition coefficient (Wildman–Crippen LogP) is 3.84. The van der Waals surface area contributed by atoms with Gasteiger partial charge in [-0.2, -0.15) is 5.10 Å². The Morgan fingerprint density at radius 1 is 1.19 bits per heavy atom. The molecular formula is C22H22N6O3. The van der Waals surface area contributed by atoms with E-state index >= 15 is 0 Å². The van der Waals surface area contributed by atoms with Crippen LogP contribution in [0.1, 0.15) is 27.0 Å². The second-order valence-electron chi connectivity index (χ2n) is 7.19. The third-order valence-corrected chi connectivity index (χ3v) is 4.90. The first-order valence-electron chi connectivity index (χ1n) is 9.59. The molecule has 0 fully saturated rings. The van der Waals surface area contributed by atoms with Crippen LogP contribution in [0.3, 0.4) is 0 Å². The van der Waals surface area contributed by atoms with Crippen molar-refractivity contribution >= 4 is 23.2 Å². The number of phenols is 1. The molecule has 1 amide bonds. The Kier molecular flexibility index (Phi) is 5.31. The molecule has 0 saturated heterocycles. The molecule has 6 N–H and O–H groups in total. The van der Waals surface area contributed by atoms with Crippen LogP contribution >= 0.6 is 0 Å². The van der Waals surface area contributed by atoms with Crippen LogP contribution in [0.25, 0.3) is 11.3 Å². The summed E-state index contributed by atoms with van der Waals surface area (Å²) in [5.41, 5.74) is 9.97. The molecule has 0 aliphatic heterocycles. The number of nitrogens with two attached hydrogens (primary N) is 1. The second kappa shape index (κ2) is 8.23. The molecule has 0 aliphatic carbocycles. The van der Waals surface area contributed by atoms with E-state index < -0.39 is 5.91 Å². The summed E-state index contributed by atoms with van der Waals surface area (Å²) in [5, 5.41) is 23.2. The van der Waals surface area contributed by atoms with Gasteiger partial charge in [-0.1, -0.05) is 12.1 Å². The minimum atomic E-state index is -0.616. The van der Waals surface area contributed by atoms with Crippen molar-refractivity contribution in [3.63, 3.8) is 0 Å². The van der Waals surface area contributed by atoms with Gasteiger partial charge in [0.15, 0.2) is 18.0 Å². The largest absolute Gasteiger partial charge is 0.507 e. The molecule has 4 rings (SSSR count). The second-order valence-corrected chi connectivity index (χ2v) is 7.19. The monoisotopic (exact) mass is 418 g/mol. The Morgan fingerprint density at radius 2 is 1.90 bits per heavy atom. The zero-order valence-electron chi connectivity index (χ0n) is 17.1. The first-order chi connectivity index (χ1) is 14.9. The summed E-state index contributed by atoms with van der Waals surface area (Å²) in [6, 6.07) is 11.2. The van der Waals surface area contributed by atoms with Crippen LogP contribution in [0.2, 0.25) is 0 Å². The van der Waals surface area contributed by atoms with Gasteiger partial charge in [-0.25, -0.2) is 4.98 Å². The van der Waals surface area contributed by atoms with Crippen LogP contribution in [0.4, 0.5) is 17.3 Å². The number of anilines is 3. The molecule has 31 heavy (non-hydrogen) atoms. The first kappa shape index (κ1) is 20.0. The lowest BCUT2D eigenvalue weighted by Gasteiger charge is -2.10. The maximum absolute atomic E-state index is 12.1. The van der Waals surface area contributed by atoms with Crippen molar-refractivity contribution in [3.05, 3.63) is 71.2 Å². The number of hydrogen-bond donors (Lipinski definition) is 5. The van der Waals surface area contributed by atoms with Crippen molar-refractivity contribution in [2.75, 3.05) is 10.6 Å². The summed E-state index contributed by atoms with van der Waals surface area (Å²) >= 11 is 0. The smallest absolute Gasteiger partial charge is 0.256 e. The Labute approximate surface area is 178 Å². The van der Waals surface area contributed by atoms with Gasteiger partial charge in [0.05, 0.1) is 6.20 Å².